The van der Waals surface area contributed by atoms with Gasteiger partial charge in [0.15, 0.2) is 0 Å². The van der Waals surface area contributed by atoms with Gasteiger partial charge in [-0.1, -0.05) is 0 Å². The van der Waals surface area contributed by atoms with E-state index in [2.05, 4.69) is 20.0 Å². The van der Waals surface area contributed by atoms with Crippen molar-refractivity contribution in [2.75, 3.05) is 5.32 Å². The first-order valence-corrected chi connectivity index (χ1v) is 7.54. The standard InChI is InChI=1S/C18H11F4N3O2/c19-16-6-1-11(7-15(16)12-8-23-10-24-9-12)17(26)25-13-2-4-14(5-3-13)27-18(20,21)22/h1-10H,(H,25,26). The van der Waals surface area contributed by atoms with E-state index in [1.54, 1.807) is 0 Å². The first-order valence-electron chi connectivity index (χ1n) is 7.54. The molecule has 0 aliphatic rings. The normalized spacial score (nSPS) is 11.1. The highest BCUT2D eigenvalue weighted by molar-refractivity contribution is 6.05. The Hall–Kier alpha value is -3.49. The molecule has 0 saturated heterocycles. The van der Waals surface area contributed by atoms with Crippen LogP contribution >= 0.6 is 0 Å². The molecule has 0 radical (unpaired) electrons. The molecule has 1 amide bonds. The van der Waals surface area contributed by atoms with E-state index in [4.69, 9.17) is 0 Å². The van der Waals surface area contributed by atoms with Crippen LogP contribution in [0.1, 0.15) is 10.4 Å². The third kappa shape index (κ3) is 4.78. The van der Waals surface area contributed by atoms with E-state index >= 15 is 0 Å². The molecular formula is C18H11F4N3O2. The summed E-state index contributed by atoms with van der Waals surface area (Å²) in [6.45, 7) is 0. The van der Waals surface area contributed by atoms with Gasteiger partial charge in [-0.3, -0.25) is 4.79 Å². The van der Waals surface area contributed by atoms with Gasteiger partial charge in [0.1, 0.15) is 17.9 Å². The van der Waals surface area contributed by atoms with Crippen LogP contribution in [0.4, 0.5) is 23.2 Å². The minimum atomic E-state index is -4.80. The highest BCUT2D eigenvalue weighted by atomic mass is 19.4. The van der Waals surface area contributed by atoms with Gasteiger partial charge in [0.2, 0.25) is 0 Å². The predicted octanol–water partition coefficient (Wildman–Crippen LogP) is 4.43. The average molecular weight is 377 g/mol. The van der Waals surface area contributed by atoms with Crippen molar-refractivity contribution in [2.24, 2.45) is 0 Å². The molecule has 27 heavy (non-hydrogen) atoms. The summed E-state index contributed by atoms with van der Waals surface area (Å²) in [4.78, 5) is 20.0. The second-order valence-corrected chi connectivity index (χ2v) is 5.35. The van der Waals surface area contributed by atoms with Crippen molar-refractivity contribution in [1.29, 1.82) is 0 Å². The van der Waals surface area contributed by atoms with Crippen LogP contribution in [0.2, 0.25) is 0 Å². The van der Waals surface area contributed by atoms with Crippen LogP contribution in [0.25, 0.3) is 11.1 Å². The van der Waals surface area contributed by atoms with Crippen molar-refractivity contribution in [3.05, 3.63) is 72.6 Å². The van der Waals surface area contributed by atoms with Crippen LogP contribution in [-0.4, -0.2) is 22.2 Å². The van der Waals surface area contributed by atoms with Crippen LogP contribution in [0.5, 0.6) is 5.75 Å². The number of nitrogens with zero attached hydrogens (tertiary/aromatic N) is 2. The molecule has 0 fully saturated rings. The number of anilines is 1. The van der Waals surface area contributed by atoms with Gasteiger partial charge < -0.3 is 10.1 Å². The highest BCUT2D eigenvalue weighted by Crippen LogP contribution is 2.25. The zero-order valence-corrected chi connectivity index (χ0v) is 13.5. The highest BCUT2D eigenvalue weighted by Gasteiger charge is 2.30. The summed E-state index contributed by atoms with van der Waals surface area (Å²) in [6.07, 6.45) is -0.681. The lowest BCUT2D eigenvalue weighted by molar-refractivity contribution is -0.274. The third-order valence-electron chi connectivity index (χ3n) is 3.45. The van der Waals surface area contributed by atoms with Crippen molar-refractivity contribution < 1.29 is 27.1 Å². The second kappa shape index (κ2) is 7.40. The molecule has 2 aromatic carbocycles. The van der Waals surface area contributed by atoms with Crippen molar-refractivity contribution in [3.8, 4) is 16.9 Å². The molecule has 0 bridgehead atoms. The molecule has 9 heteroatoms. The van der Waals surface area contributed by atoms with Gasteiger partial charge in [-0.25, -0.2) is 14.4 Å². The Morgan fingerprint density at radius 1 is 1.00 bits per heavy atom. The molecule has 0 aliphatic heterocycles. The largest absolute Gasteiger partial charge is 0.573 e. The third-order valence-corrected chi connectivity index (χ3v) is 3.45. The van der Waals surface area contributed by atoms with Gasteiger partial charge in [-0.05, 0) is 42.5 Å². The Bertz CT molecular complexity index is 945. The van der Waals surface area contributed by atoms with E-state index in [0.29, 0.717) is 5.56 Å². The smallest absolute Gasteiger partial charge is 0.406 e. The zero-order valence-electron chi connectivity index (χ0n) is 13.5. The fraction of sp³-hybridized carbons (Fsp3) is 0.0556. The van der Waals surface area contributed by atoms with Crippen molar-refractivity contribution in [3.63, 3.8) is 0 Å². The van der Waals surface area contributed by atoms with E-state index in [-0.39, 0.29) is 16.8 Å². The number of hydrogen-bond donors (Lipinski definition) is 1. The van der Waals surface area contributed by atoms with Gasteiger partial charge in [0.25, 0.3) is 5.91 Å². The van der Waals surface area contributed by atoms with Crippen LogP contribution in [0.15, 0.2) is 61.2 Å². The number of carbonyl (C=O) groups excluding carboxylic acids is 1. The fourth-order valence-electron chi connectivity index (χ4n) is 2.27. The maximum Gasteiger partial charge on any atom is 0.573 e. The predicted molar refractivity (Wildman–Crippen MR) is 88.5 cm³/mol. The van der Waals surface area contributed by atoms with Gasteiger partial charge in [-0.2, -0.15) is 0 Å². The summed E-state index contributed by atoms with van der Waals surface area (Å²) in [6, 6.07) is 8.42. The van der Waals surface area contributed by atoms with Crippen molar-refractivity contribution >= 4 is 11.6 Å². The van der Waals surface area contributed by atoms with E-state index in [1.807, 2.05) is 0 Å². The number of rotatable bonds is 4. The Morgan fingerprint density at radius 3 is 2.30 bits per heavy atom. The van der Waals surface area contributed by atoms with E-state index < -0.39 is 23.8 Å². The van der Waals surface area contributed by atoms with Gasteiger partial charge >= 0.3 is 6.36 Å². The summed E-state index contributed by atoms with van der Waals surface area (Å²) in [5.41, 5.74) is 0.963. The zero-order chi connectivity index (χ0) is 19.4. The number of carbonyl (C=O) groups is 1. The SMILES string of the molecule is O=C(Nc1ccc(OC(F)(F)F)cc1)c1ccc(F)c(-c2cncnc2)c1. The van der Waals surface area contributed by atoms with Gasteiger partial charge in [0, 0.05) is 34.8 Å². The minimum absolute atomic E-state index is 0.150. The number of aromatic nitrogens is 2. The summed E-state index contributed by atoms with van der Waals surface area (Å²) in [5.74, 6) is -1.51. The number of halogens is 4. The molecule has 5 nitrogen and oxygen atoms in total. The number of nitrogens with one attached hydrogen (secondary N) is 1. The maximum absolute atomic E-state index is 14.0. The Labute approximate surface area is 150 Å². The van der Waals surface area contributed by atoms with E-state index in [1.165, 1.54) is 43.0 Å². The quantitative estimate of drug-likeness (QED) is 0.683. The molecular weight excluding hydrogens is 366 g/mol. The van der Waals surface area contributed by atoms with Gasteiger partial charge in [0.05, 0.1) is 0 Å². The van der Waals surface area contributed by atoms with Crippen LogP contribution in [-0.2, 0) is 0 Å². The molecule has 0 saturated carbocycles. The molecule has 0 atom stereocenters. The molecule has 0 unspecified atom stereocenters. The van der Waals surface area contributed by atoms with Crippen LogP contribution < -0.4 is 10.1 Å². The summed E-state index contributed by atoms with van der Waals surface area (Å²) in [5, 5.41) is 2.52. The number of hydrogen-bond acceptors (Lipinski definition) is 4. The summed E-state index contributed by atoms with van der Waals surface area (Å²) >= 11 is 0. The molecule has 0 aliphatic carbocycles. The van der Waals surface area contributed by atoms with E-state index in [9.17, 15) is 22.4 Å². The molecule has 1 aromatic heterocycles. The van der Waals surface area contributed by atoms with Gasteiger partial charge in [-0.15, -0.1) is 13.2 Å². The fourth-order valence-corrected chi connectivity index (χ4v) is 2.27. The lowest BCUT2D eigenvalue weighted by Crippen LogP contribution is -2.17. The lowest BCUT2D eigenvalue weighted by atomic mass is 10.0. The number of ether oxygens (including phenoxy) is 1. The number of benzene rings is 2. The minimum Gasteiger partial charge on any atom is -0.406 e. The maximum atomic E-state index is 14.0. The Balaban J connectivity index is 1.77. The summed E-state index contributed by atoms with van der Waals surface area (Å²) < 4.78 is 54.2. The first kappa shape index (κ1) is 18.3. The molecule has 3 aromatic rings. The molecule has 138 valence electrons. The molecule has 3 rings (SSSR count). The van der Waals surface area contributed by atoms with Crippen molar-refractivity contribution in [1.82, 2.24) is 9.97 Å². The summed E-state index contributed by atoms with van der Waals surface area (Å²) in [7, 11) is 0. The Morgan fingerprint density at radius 2 is 1.67 bits per heavy atom. The number of alkyl halides is 3. The first-order chi connectivity index (χ1) is 12.8. The van der Waals surface area contributed by atoms with Crippen LogP contribution in [0, 0.1) is 5.82 Å². The molecule has 1 heterocycles. The van der Waals surface area contributed by atoms with Crippen LogP contribution in [0.3, 0.4) is 0 Å². The Kier molecular flexibility index (Phi) is 5.02. The molecule has 1 N–H and O–H groups in total. The van der Waals surface area contributed by atoms with Crippen molar-refractivity contribution in [2.45, 2.75) is 6.36 Å². The van der Waals surface area contributed by atoms with E-state index in [0.717, 1.165) is 18.2 Å². The monoisotopic (exact) mass is 377 g/mol. The molecule has 0 spiro atoms. The average Bonchev–Trinajstić information content (AvgIpc) is 2.63. The number of amides is 1. The lowest BCUT2D eigenvalue weighted by Gasteiger charge is -2.10. The topological polar surface area (TPSA) is 64.1 Å². The second-order valence-electron chi connectivity index (χ2n) is 5.35.